The van der Waals surface area contributed by atoms with Crippen LogP contribution in [0.5, 0.6) is 0 Å². The summed E-state index contributed by atoms with van der Waals surface area (Å²) >= 11 is 3.55. The van der Waals surface area contributed by atoms with Crippen LogP contribution in [-0.4, -0.2) is 17.6 Å². The van der Waals surface area contributed by atoms with Gasteiger partial charge >= 0.3 is 0 Å². The lowest BCUT2D eigenvalue weighted by molar-refractivity contribution is 0.647. The molecule has 0 amide bonds. The van der Waals surface area contributed by atoms with Crippen molar-refractivity contribution in [1.82, 2.24) is 4.98 Å². The van der Waals surface area contributed by atoms with Crippen molar-refractivity contribution in [3.63, 3.8) is 0 Å². The minimum Gasteiger partial charge on any atom is -0.396 e. The monoisotopic (exact) mass is 333 g/mol. The highest BCUT2D eigenvalue weighted by Crippen LogP contribution is 2.38. The number of nitrogen functional groups attached to an aromatic ring is 1. The van der Waals surface area contributed by atoms with Gasteiger partial charge in [0, 0.05) is 22.4 Å². The number of benzene rings is 1. The van der Waals surface area contributed by atoms with Gasteiger partial charge in [-0.2, -0.15) is 0 Å². The van der Waals surface area contributed by atoms with Crippen LogP contribution < -0.4 is 10.6 Å². The van der Waals surface area contributed by atoms with Crippen molar-refractivity contribution >= 4 is 38.2 Å². The average molecular weight is 334 g/mol. The molecule has 0 unspecified atom stereocenters. The summed E-state index contributed by atoms with van der Waals surface area (Å²) in [6.45, 7) is 5.55. The molecule has 0 bridgehead atoms. The van der Waals surface area contributed by atoms with E-state index in [2.05, 4.69) is 45.7 Å². The van der Waals surface area contributed by atoms with Gasteiger partial charge in [0.1, 0.15) is 0 Å². The Morgan fingerprint density at radius 2 is 2.15 bits per heavy atom. The van der Waals surface area contributed by atoms with Crippen molar-refractivity contribution in [1.29, 1.82) is 0 Å². The molecule has 1 aliphatic carbocycles. The predicted octanol–water partition coefficient (Wildman–Crippen LogP) is 4.20. The zero-order chi connectivity index (χ0) is 14.3. The van der Waals surface area contributed by atoms with Crippen LogP contribution in [0, 0.1) is 5.92 Å². The van der Waals surface area contributed by atoms with Crippen LogP contribution in [0.15, 0.2) is 28.9 Å². The number of fused-ring (bicyclic) bond motifs is 1. The first-order chi connectivity index (χ1) is 9.56. The number of nitrogens with two attached hydrogens (primary N) is 1. The van der Waals surface area contributed by atoms with Crippen molar-refractivity contribution < 1.29 is 0 Å². The highest BCUT2D eigenvalue weighted by molar-refractivity contribution is 9.10. The number of halogens is 1. The normalized spacial score (nSPS) is 15.0. The molecule has 1 aromatic carbocycles. The molecule has 1 heterocycles. The largest absolute Gasteiger partial charge is 0.396 e. The molecule has 1 aromatic heterocycles. The summed E-state index contributed by atoms with van der Waals surface area (Å²) in [6, 6.07) is 6.62. The second-order valence-electron chi connectivity index (χ2n) is 5.91. The predicted molar refractivity (Wildman–Crippen MR) is 89.1 cm³/mol. The van der Waals surface area contributed by atoms with Crippen LogP contribution >= 0.6 is 15.9 Å². The Hall–Kier alpha value is -1.29. The fourth-order valence-corrected chi connectivity index (χ4v) is 2.99. The smallest absolute Gasteiger partial charge is 0.0745 e. The number of anilines is 2. The van der Waals surface area contributed by atoms with E-state index in [-0.39, 0.29) is 0 Å². The first kappa shape index (κ1) is 13.7. The van der Waals surface area contributed by atoms with Gasteiger partial charge in [-0.05, 0) is 50.8 Å². The average Bonchev–Trinajstić information content (AvgIpc) is 3.20. The maximum Gasteiger partial charge on any atom is 0.0745 e. The number of rotatable bonds is 4. The van der Waals surface area contributed by atoms with Crippen molar-refractivity contribution in [3.8, 4) is 0 Å². The molecule has 106 valence electrons. The molecule has 3 rings (SSSR count). The van der Waals surface area contributed by atoms with Gasteiger partial charge in [-0.15, -0.1) is 0 Å². The lowest BCUT2D eigenvalue weighted by Crippen LogP contribution is -2.33. The minimum absolute atomic E-state index is 0.433. The molecule has 1 saturated carbocycles. The quantitative estimate of drug-likeness (QED) is 0.911. The molecule has 0 saturated heterocycles. The van der Waals surface area contributed by atoms with Crippen molar-refractivity contribution in [3.05, 3.63) is 28.9 Å². The molecular formula is C16H20BrN3. The van der Waals surface area contributed by atoms with Crippen LogP contribution in [0.25, 0.3) is 10.9 Å². The Kier molecular flexibility index (Phi) is 3.59. The molecule has 3 nitrogen and oxygen atoms in total. The summed E-state index contributed by atoms with van der Waals surface area (Å²) in [5.41, 5.74) is 9.16. The molecule has 2 aromatic rings. The summed E-state index contributed by atoms with van der Waals surface area (Å²) in [5, 5.41) is 1.13. The molecule has 20 heavy (non-hydrogen) atoms. The van der Waals surface area contributed by atoms with Crippen LogP contribution in [0.1, 0.15) is 26.7 Å². The van der Waals surface area contributed by atoms with Gasteiger partial charge in [0.05, 0.1) is 23.1 Å². The van der Waals surface area contributed by atoms with E-state index in [0.717, 1.165) is 39.2 Å². The van der Waals surface area contributed by atoms with E-state index in [4.69, 9.17) is 5.73 Å². The zero-order valence-corrected chi connectivity index (χ0v) is 13.5. The molecule has 1 aliphatic rings. The van der Waals surface area contributed by atoms with E-state index in [1.54, 1.807) is 6.20 Å². The molecule has 1 fully saturated rings. The standard InChI is InChI=1S/C16H20BrN3/c1-10(2)20(9-11-3-4-11)16-13-7-12(17)5-6-15(13)19-8-14(16)18/h5-8,10-11H,3-4,9,18H2,1-2H3. The third-order valence-corrected chi connectivity index (χ3v) is 4.39. The van der Waals surface area contributed by atoms with E-state index in [1.807, 2.05) is 12.1 Å². The first-order valence-corrected chi connectivity index (χ1v) is 7.96. The number of pyridine rings is 1. The molecule has 0 atom stereocenters. The number of aromatic nitrogens is 1. The fraction of sp³-hybridized carbons (Fsp3) is 0.438. The van der Waals surface area contributed by atoms with Crippen LogP contribution in [0.3, 0.4) is 0 Å². The van der Waals surface area contributed by atoms with Gasteiger partial charge in [0.15, 0.2) is 0 Å². The topological polar surface area (TPSA) is 42.1 Å². The zero-order valence-electron chi connectivity index (χ0n) is 11.9. The van der Waals surface area contributed by atoms with E-state index >= 15 is 0 Å². The summed E-state index contributed by atoms with van der Waals surface area (Å²) in [7, 11) is 0. The highest BCUT2D eigenvalue weighted by Gasteiger charge is 2.27. The minimum atomic E-state index is 0.433. The van der Waals surface area contributed by atoms with Crippen LogP contribution in [0.4, 0.5) is 11.4 Å². The second-order valence-corrected chi connectivity index (χ2v) is 6.83. The Bertz CT molecular complexity index is 630. The van der Waals surface area contributed by atoms with Crippen molar-refractivity contribution in [2.24, 2.45) is 5.92 Å². The highest BCUT2D eigenvalue weighted by atomic mass is 79.9. The number of nitrogens with zero attached hydrogens (tertiary/aromatic N) is 2. The lowest BCUT2D eigenvalue weighted by Gasteiger charge is -2.31. The third kappa shape index (κ3) is 2.62. The molecule has 0 spiro atoms. The molecule has 2 N–H and O–H groups in total. The SMILES string of the molecule is CC(C)N(CC1CC1)c1c(N)cnc2ccc(Br)cc12. The number of hydrogen-bond acceptors (Lipinski definition) is 3. The molecule has 0 radical (unpaired) electrons. The van der Waals surface area contributed by atoms with Crippen LogP contribution in [0.2, 0.25) is 0 Å². The van der Waals surface area contributed by atoms with Crippen molar-refractivity contribution in [2.45, 2.75) is 32.7 Å². The lowest BCUT2D eigenvalue weighted by atomic mass is 10.1. The summed E-state index contributed by atoms with van der Waals surface area (Å²) < 4.78 is 1.06. The van der Waals surface area contributed by atoms with Gasteiger partial charge in [-0.3, -0.25) is 4.98 Å². The Balaban J connectivity index is 2.15. The second kappa shape index (κ2) is 5.24. The van der Waals surface area contributed by atoms with Gasteiger partial charge in [0.25, 0.3) is 0 Å². The molecular weight excluding hydrogens is 314 g/mol. The fourth-order valence-electron chi connectivity index (χ4n) is 2.63. The summed E-state index contributed by atoms with van der Waals surface area (Å²) in [5.74, 6) is 0.826. The molecule has 0 aliphatic heterocycles. The third-order valence-electron chi connectivity index (χ3n) is 3.89. The first-order valence-electron chi connectivity index (χ1n) is 7.16. The van der Waals surface area contributed by atoms with E-state index < -0.39 is 0 Å². The van der Waals surface area contributed by atoms with Gasteiger partial charge in [-0.25, -0.2) is 0 Å². The van der Waals surface area contributed by atoms with E-state index in [0.29, 0.717) is 6.04 Å². The van der Waals surface area contributed by atoms with Gasteiger partial charge in [0.2, 0.25) is 0 Å². The van der Waals surface area contributed by atoms with Crippen LogP contribution in [-0.2, 0) is 0 Å². The maximum atomic E-state index is 6.25. The maximum absolute atomic E-state index is 6.25. The summed E-state index contributed by atoms with van der Waals surface area (Å²) in [6.07, 6.45) is 4.47. The van der Waals surface area contributed by atoms with Gasteiger partial charge < -0.3 is 10.6 Å². The number of hydrogen-bond donors (Lipinski definition) is 1. The van der Waals surface area contributed by atoms with E-state index in [9.17, 15) is 0 Å². The van der Waals surface area contributed by atoms with Crippen molar-refractivity contribution in [2.75, 3.05) is 17.2 Å². The van der Waals surface area contributed by atoms with E-state index in [1.165, 1.54) is 12.8 Å². The Morgan fingerprint density at radius 1 is 1.40 bits per heavy atom. The Labute approximate surface area is 128 Å². The summed E-state index contributed by atoms with van der Waals surface area (Å²) in [4.78, 5) is 6.88. The Morgan fingerprint density at radius 3 is 2.80 bits per heavy atom. The van der Waals surface area contributed by atoms with Gasteiger partial charge in [-0.1, -0.05) is 15.9 Å². The molecule has 4 heteroatoms.